The standard InChI is InChI=1S/C12H13N3O2S/c1-2-12-14-7-3-9-10(17-6-16-9)4-8(7)15(12)5-11(13)18/h3-4H,2,5-6H2,1H3,(H2,13,18). The molecule has 5 nitrogen and oxygen atoms in total. The number of benzene rings is 1. The minimum absolute atomic E-state index is 0.262. The van der Waals surface area contributed by atoms with E-state index in [1.54, 1.807) is 0 Å². The Bertz CT molecular complexity index is 636. The average molecular weight is 263 g/mol. The SMILES string of the molecule is CCc1nc2cc3c(cc2n1CC(N)=S)OCO3. The summed E-state index contributed by atoms with van der Waals surface area (Å²) in [4.78, 5) is 5.02. The van der Waals surface area contributed by atoms with Crippen molar-refractivity contribution in [1.29, 1.82) is 0 Å². The van der Waals surface area contributed by atoms with Gasteiger partial charge in [-0.1, -0.05) is 19.1 Å². The van der Waals surface area contributed by atoms with Gasteiger partial charge < -0.3 is 19.8 Å². The fraction of sp³-hybridized carbons (Fsp3) is 0.333. The summed E-state index contributed by atoms with van der Waals surface area (Å²) in [6, 6.07) is 3.83. The molecule has 1 aliphatic rings. The molecule has 1 aromatic heterocycles. The Morgan fingerprint density at radius 1 is 1.44 bits per heavy atom. The van der Waals surface area contributed by atoms with Crippen molar-refractivity contribution in [2.45, 2.75) is 19.9 Å². The highest BCUT2D eigenvalue weighted by Gasteiger charge is 2.18. The third-order valence-electron chi connectivity index (χ3n) is 2.95. The molecule has 0 spiro atoms. The zero-order valence-electron chi connectivity index (χ0n) is 9.97. The van der Waals surface area contributed by atoms with Crippen LogP contribution >= 0.6 is 12.2 Å². The summed E-state index contributed by atoms with van der Waals surface area (Å²) in [7, 11) is 0. The number of hydrogen-bond donors (Lipinski definition) is 1. The predicted octanol–water partition coefficient (Wildman–Crippen LogP) is 1.61. The summed E-state index contributed by atoms with van der Waals surface area (Å²) in [6.45, 7) is 2.81. The van der Waals surface area contributed by atoms with Crippen LogP contribution in [0.1, 0.15) is 12.7 Å². The first-order chi connectivity index (χ1) is 8.69. The minimum atomic E-state index is 0.262. The number of nitrogens with zero attached hydrogens (tertiary/aromatic N) is 2. The summed E-state index contributed by atoms with van der Waals surface area (Å²) >= 11 is 4.99. The van der Waals surface area contributed by atoms with Crippen LogP contribution in [-0.4, -0.2) is 21.3 Å². The number of rotatable bonds is 3. The van der Waals surface area contributed by atoms with Gasteiger partial charge in [-0.15, -0.1) is 0 Å². The molecule has 94 valence electrons. The molecule has 0 amide bonds. The van der Waals surface area contributed by atoms with E-state index in [0.717, 1.165) is 34.8 Å². The summed E-state index contributed by atoms with van der Waals surface area (Å²) in [5.41, 5.74) is 7.50. The lowest BCUT2D eigenvalue weighted by Crippen LogP contribution is -2.18. The number of thiocarbonyl (C=S) groups is 1. The topological polar surface area (TPSA) is 62.3 Å². The molecular weight excluding hydrogens is 250 g/mol. The fourth-order valence-corrected chi connectivity index (χ4v) is 2.30. The molecule has 0 bridgehead atoms. The number of ether oxygens (including phenoxy) is 2. The van der Waals surface area contributed by atoms with E-state index in [2.05, 4.69) is 11.9 Å². The molecule has 2 heterocycles. The fourth-order valence-electron chi connectivity index (χ4n) is 2.17. The highest BCUT2D eigenvalue weighted by molar-refractivity contribution is 7.80. The molecule has 0 saturated carbocycles. The summed E-state index contributed by atoms with van der Waals surface area (Å²) in [5.74, 6) is 2.45. The highest BCUT2D eigenvalue weighted by atomic mass is 32.1. The second-order valence-corrected chi connectivity index (χ2v) is 4.65. The molecule has 1 aliphatic heterocycles. The molecule has 3 rings (SSSR count). The van der Waals surface area contributed by atoms with Crippen molar-refractivity contribution < 1.29 is 9.47 Å². The second-order valence-electron chi connectivity index (χ2n) is 4.13. The first kappa shape index (κ1) is 11.3. The van der Waals surface area contributed by atoms with Gasteiger partial charge in [0, 0.05) is 18.6 Å². The van der Waals surface area contributed by atoms with Gasteiger partial charge in [-0.2, -0.15) is 0 Å². The molecule has 0 saturated heterocycles. The molecule has 2 N–H and O–H groups in total. The Labute approximate surface area is 109 Å². The third-order valence-corrected chi connectivity index (χ3v) is 3.08. The number of aromatic nitrogens is 2. The van der Waals surface area contributed by atoms with Gasteiger partial charge in [-0.25, -0.2) is 4.98 Å². The summed E-state index contributed by atoms with van der Waals surface area (Å²) < 4.78 is 12.8. The number of aryl methyl sites for hydroxylation is 1. The van der Waals surface area contributed by atoms with Crippen molar-refractivity contribution >= 4 is 28.2 Å². The number of nitrogens with two attached hydrogens (primary N) is 1. The molecule has 6 heteroatoms. The van der Waals surface area contributed by atoms with Crippen LogP contribution in [0.15, 0.2) is 12.1 Å². The Morgan fingerprint density at radius 2 is 2.17 bits per heavy atom. The van der Waals surface area contributed by atoms with E-state index in [1.165, 1.54) is 0 Å². The summed E-state index contributed by atoms with van der Waals surface area (Å²) in [6.07, 6.45) is 0.823. The van der Waals surface area contributed by atoms with Crippen LogP contribution < -0.4 is 15.2 Å². The molecular formula is C12H13N3O2S. The summed E-state index contributed by atoms with van der Waals surface area (Å²) in [5, 5.41) is 0. The quantitative estimate of drug-likeness (QED) is 0.852. The van der Waals surface area contributed by atoms with Gasteiger partial charge >= 0.3 is 0 Å². The molecule has 0 fully saturated rings. The van der Waals surface area contributed by atoms with Crippen LogP contribution in [0.3, 0.4) is 0 Å². The zero-order valence-corrected chi connectivity index (χ0v) is 10.8. The minimum Gasteiger partial charge on any atom is -0.454 e. The largest absolute Gasteiger partial charge is 0.454 e. The van der Waals surface area contributed by atoms with Gasteiger partial charge in [-0.05, 0) is 0 Å². The Balaban J connectivity index is 2.21. The van der Waals surface area contributed by atoms with Crippen LogP contribution in [0.4, 0.5) is 0 Å². The molecule has 2 aromatic rings. The Morgan fingerprint density at radius 3 is 2.83 bits per heavy atom. The Hall–Kier alpha value is -1.82. The maximum absolute atomic E-state index is 5.64. The van der Waals surface area contributed by atoms with Crippen LogP contribution in [0, 0.1) is 0 Å². The van der Waals surface area contributed by atoms with Gasteiger partial charge in [0.1, 0.15) is 5.82 Å². The van der Waals surface area contributed by atoms with Gasteiger partial charge in [0.05, 0.1) is 22.6 Å². The van der Waals surface area contributed by atoms with E-state index in [-0.39, 0.29) is 6.79 Å². The van der Waals surface area contributed by atoms with Crippen molar-refractivity contribution in [1.82, 2.24) is 9.55 Å². The second kappa shape index (κ2) is 4.13. The molecule has 0 radical (unpaired) electrons. The molecule has 1 aromatic carbocycles. The van der Waals surface area contributed by atoms with Crippen molar-refractivity contribution in [2.75, 3.05) is 6.79 Å². The van der Waals surface area contributed by atoms with Crippen LogP contribution in [0.2, 0.25) is 0 Å². The monoisotopic (exact) mass is 263 g/mol. The maximum Gasteiger partial charge on any atom is 0.231 e. The zero-order chi connectivity index (χ0) is 12.7. The van der Waals surface area contributed by atoms with E-state index in [9.17, 15) is 0 Å². The van der Waals surface area contributed by atoms with E-state index >= 15 is 0 Å². The van der Waals surface area contributed by atoms with Crippen molar-refractivity contribution in [2.24, 2.45) is 5.73 Å². The average Bonchev–Trinajstić information content (AvgIpc) is 2.90. The van der Waals surface area contributed by atoms with Gasteiger partial charge in [0.25, 0.3) is 0 Å². The van der Waals surface area contributed by atoms with E-state index in [1.807, 2.05) is 16.7 Å². The first-order valence-corrected chi connectivity index (χ1v) is 6.17. The van der Waals surface area contributed by atoms with Crippen molar-refractivity contribution in [3.05, 3.63) is 18.0 Å². The van der Waals surface area contributed by atoms with E-state index < -0.39 is 0 Å². The van der Waals surface area contributed by atoms with E-state index in [4.69, 9.17) is 27.4 Å². The number of hydrogen-bond acceptors (Lipinski definition) is 4. The molecule has 18 heavy (non-hydrogen) atoms. The van der Waals surface area contributed by atoms with Crippen LogP contribution in [0.5, 0.6) is 11.5 Å². The molecule has 0 atom stereocenters. The van der Waals surface area contributed by atoms with Crippen LogP contribution in [-0.2, 0) is 13.0 Å². The predicted molar refractivity (Wildman–Crippen MR) is 72.0 cm³/mol. The van der Waals surface area contributed by atoms with Gasteiger partial charge in [-0.3, -0.25) is 0 Å². The van der Waals surface area contributed by atoms with Crippen LogP contribution in [0.25, 0.3) is 11.0 Å². The first-order valence-electron chi connectivity index (χ1n) is 5.76. The lowest BCUT2D eigenvalue weighted by atomic mass is 10.2. The smallest absolute Gasteiger partial charge is 0.231 e. The molecule has 0 aliphatic carbocycles. The Kier molecular flexibility index (Phi) is 2.59. The molecule has 0 unspecified atom stereocenters. The maximum atomic E-state index is 5.64. The van der Waals surface area contributed by atoms with E-state index in [0.29, 0.717) is 11.5 Å². The van der Waals surface area contributed by atoms with Gasteiger partial charge in [0.15, 0.2) is 11.5 Å². The van der Waals surface area contributed by atoms with Crippen molar-refractivity contribution in [3.63, 3.8) is 0 Å². The highest BCUT2D eigenvalue weighted by Crippen LogP contribution is 2.36. The number of fused-ring (bicyclic) bond motifs is 2. The lowest BCUT2D eigenvalue weighted by Gasteiger charge is -2.06. The normalized spacial score (nSPS) is 13.2. The third kappa shape index (κ3) is 1.69. The van der Waals surface area contributed by atoms with Gasteiger partial charge in [0.2, 0.25) is 6.79 Å². The number of imidazole rings is 1. The van der Waals surface area contributed by atoms with Crippen molar-refractivity contribution in [3.8, 4) is 11.5 Å². The lowest BCUT2D eigenvalue weighted by molar-refractivity contribution is 0.174.